The average Bonchev–Trinajstić information content (AvgIpc) is 2.47. The van der Waals surface area contributed by atoms with Crippen molar-refractivity contribution in [3.63, 3.8) is 0 Å². The smallest absolute Gasteiger partial charge is 0.257 e. The summed E-state index contributed by atoms with van der Waals surface area (Å²) in [4.78, 5) is 15.6. The first-order valence-corrected chi connectivity index (χ1v) is 5.93. The predicted octanol–water partition coefficient (Wildman–Crippen LogP) is 1.94. The Balaban J connectivity index is 2.23. The van der Waals surface area contributed by atoms with E-state index in [9.17, 15) is 9.18 Å². The molecule has 1 aromatic carbocycles. The number of ether oxygens (including phenoxy) is 1. The molecule has 20 heavy (non-hydrogen) atoms. The van der Waals surface area contributed by atoms with Gasteiger partial charge in [-0.15, -0.1) is 0 Å². The average molecular weight is 275 g/mol. The van der Waals surface area contributed by atoms with Crippen molar-refractivity contribution >= 4 is 11.6 Å². The van der Waals surface area contributed by atoms with Crippen LogP contribution in [0.5, 0.6) is 5.75 Å². The first-order valence-electron chi connectivity index (χ1n) is 5.93. The van der Waals surface area contributed by atoms with E-state index in [4.69, 9.17) is 10.5 Å². The van der Waals surface area contributed by atoms with Crippen LogP contribution in [0.25, 0.3) is 0 Å². The van der Waals surface area contributed by atoms with E-state index in [2.05, 4.69) is 10.3 Å². The van der Waals surface area contributed by atoms with Gasteiger partial charge in [0.2, 0.25) is 0 Å². The van der Waals surface area contributed by atoms with Crippen molar-refractivity contribution in [2.24, 2.45) is 5.73 Å². The van der Waals surface area contributed by atoms with Crippen molar-refractivity contribution in [3.8, 4) is 5.75 Å². The van der Waals surface area contributed by atoms with Gasteiger partial charge in [0, 0.05) is 12.7 Å². The van der Waals surface area contributed by atoms with Crippen molar-refractivity contribution in [2.45, 2.75) is 6.54 Å². The number of amides is 1. The van der Waals surface area contributed by atoms with Gasteiger partial charge >= 0.3 is 0 Å². The maximum atomic E-state index is 13.0. The Bertz CT molecular complexity index is 632. The van der Waals surface area contributed by atoms with E-state index in [-0.39, 0.29) is 5.56 Å². The van der Waals surface area contributed by atoms with Crippen LogP contribution in [0, 0.1) is 5.82 Å². The van der Waals surface area contributed by atoms with Gasteiger partial charge in [-0.1, -0.05) is 6.07 Å². The van der Waals surface area contributed by atoms with Gasteiger partial charge in [0.1, 0.15) is 11.6 Å². The van der Waals surface area contributed by atoms with Crippen LogP contribution in [-0.4, -0.2) is 18.0 Å². The fourth-order valence-corrected chi connectivity index (χ4v) is 1.70. The lowest BCUT2D eigenvalue weighted by atomic mass is 10.1. The molecular formula is C14H14FN3O2. The summed E-state index contributed by atoms with van der Waals surface area (Å²) in [6.07, 6.45) is 2.33. The summed E-state index contributed by atoms with van der Waals surface area (Å²) in [5.41, 5.74) is 7.04. The number of aromatic nitrogens is 1. The van der Waals surface area contributed by atoms with Crippen LogP contribution < -0.4 is 15.8 Å². The number of carbonyl (C=O) groups is 1. The molecule has 0 aliphatic rings. The molecule has 2 aromatic rings. The molecule has 0 radical (unpaired) electrons. The summed E-state index contributed by atoms with van der Waals surface area (Å²) in [6.45, 7) is 0.373. The minimum atomic E-state index is -0.567. The summed E-state index contributed by atoms with van der Waals surface area (Å²) in [5, 5.41) is 2.64. The number of hydrogen-bond donors (Lipinski definition) is 2. The Hall–Kier alpha value is -2.47. The number of halogens is 1. The third kappa shape index (κ3) is 3.10. The zero-order chi connectivity index (χ0) is 14.5. The minimum absolute atomic E-state index is 0.134. The molecule has 2 rings (SSSR count). The first kappa shape index (κ1) is 14.0. The standard InChI is InChI=1S/C14H14FN3O2/c1-20-13-4-9(6-16)2-3-12(13)18-14(19)10-5-11(15)8-17-7-10/h2-5,7-8H,6,16H2,1H3,(H,18,19). The molecule has 0 aliphatic carbocycles. The maximum absolute atomic E-state index is 13.0. The van der Waals surface area contributed by atoms with Gasteiger partial charge in [-0.25, -0.2) is 4.39 Å². The van der Waals surface area contributed by atoms with E-state index < -0.39 is 11.7 Å². The van der Waals surface area contributed by atoms with Crippen LogP contribution in [0.2, 0.25) is 0 Å². The molecule has 3 N–H and O–H groups in total. The van der Waals surface area contributed by atoms with Crippen molar-refractivity contribution in [1.29, 1.82) is 0 Å². The fraction of sp³-hybridized carbons (Fsp3) is 0.143. The molecule has 0 spiro atoms. The molecule has 1 aromatic heterocycles. The minimum Gasteiger partial charge on any atom is -0.495 e. The normalized spacial score (nSPS) is 10.2. The Kier molecular flexibility index (Phi) is 4.27. The van der Waals surface area contributed by atoms with E-state index in [1.807, 2.05) is 0 Å². The molecule has 0 unspecified atom stereocenters. The van der Waals surface area contributed by atoms with Gasteiger partial charge in [0.05, 0.1) is 24.6 Å². The van der Waals surface area contributed by atoms with Crippen LogP contribution in [-0.2, 0) is 6.54 Å². The lowest BCUT2D eigenvalue weighted by molar-refractivity contribution is 0.102. The van der Waals surface area contributed by atoms with Gasteiger partial charge in [0.15, 0.2) is 0 Å². The van der Waals surface area contributed by atoms with Crippen molar-refractivity contribution in [3.05, 3.63) is 53.6 Å². The number of rotatable bonds is 4. The fourth-order valence-electron chi connectivity index (χ4n) is 1.70. The van der Waals surface area contributed by atoms with Crippen LogP contribution in [0.4, 0.5) is 10.1 Å². The lowest BCUT2D eigenvalue weighted by Crippen LogP contribution is -2.13. The van der Waals surface area contributed by atoms with Crippen molar-refractivity contribution in [2.75, 3.05) is 12.4 Å². The Morgan fingerprint density at radius 2 is 2.20 bits per heavy atom. The van der Waals surface area contributed by atoms with Crippen LogP contribution in [0.15, 0.2) is 36.7 Å². The summed E-state index contributed by atoms with van der Waals surface area (Å²) in [7, 11) is 1.50. The van der Waals surface area contributed by atoms with Crippen LogP contribution >= 0.6 is 0 Å². The van der Waals surface area contributed by atoms with E-state index in [1.54, 1.807) is 18.2 Å². The predicted molar refractivity (Wildman–Crippen MR) is 73.0 cm³/mol. The van der Waals surface area contributed by atoms with Gasteiger partial charge in [-0.05, 0) is 23.8 Å². The second kappa shape index (κ2) is 6.12. The largest absolute Gasteiger partial charge is 0.495 e. The Morgan fingerprint density at radius 3 is 2.85 bits per heavy atom. The Labute approximate surface area is 115 Å². The summed E-state index contributed by atoms with van der Waals surface area (Å²) in [6, 6.07) is 6.32. The molecular weight excluding hydrogens is 261 g/mol. The van der Waals surface area contributed by atoms with Gasteiger partial charge in [0.25, 0.3) is 5.91 Å². The molecule has 5 nitrogen and oxygen atoms in total. The third-order valence-corrected chi connectivity index (χ3v) is 2.72. The second-order valence-electron chi connectivity index (χ2n) is 4.08. The summed E-state index contributed by atoms with van der Waals surface area (Å²) in [5.74, 6) is -0.537. The quantitative estimate of drug-likeness (QED) is 0.894. The molecule has 0 bridgehead atoms. The summed E-state index contributed by atoms with van der Waals surface area (Å²) < 4.78 is 18.2. The number of nitrogens with one attached hydrogen (secondary N) is 1. The maximum Gasteiger partial charge on any atom is 0.257 e. The highest BCUT2D eigenvalue weighted by molar-refractivity contribution is 6.04. The van der Waals surface area contributed by atoms with Crippen molar-refractivity contribution < 1.29 is 13.9 Å². The van der Waals surface area contributed by atoms with Crippen molar-refractivity contribution in [1.82, 2.24) is 4.98 Å². The Morgan fingerprint density at radius 1 is 1.40 bits per heavy atom. The van der Waals surface area contributed by atoms with E-state index in [0.29, 0.717) is 18.0 Å². The number of pyridine rings is 1. The van der Waals surface area contributed by atoms with E-state index >= 15 is 0 Å². The molecule has 6 heteroatoms. The van der Waals surface area contributed by atoms with Gasteiger partial charge in [-0.3, -0.25) is 9.78 Å². The highest BCUT2D eigenvalue weighted by Gasteiger charge is 2.11. The lowest BCUT2D eigenvalue weighted by Gasteiger charge is -2.11. The topological polar surface area (TPSA) is 77.2 Å². The monoisotopic (exact) mass is 275 g/mol. The molecule has 0 fully saturated rings. The number of nitrogens with two attached hydrogens (primary N) is 1. The highest BCUT2D eigenvalue weighted by atomic mass is 19.1. The number of anilines is 1. The number of carbonyl (C=O) groups excluding carboxylic acids is 1. The number of nitrogens with zero attached hydrogens (tertiary/aromatic N) is 1. The summed E-state index contributed by atoms with van der Waals surface area (Å²) >= 11 is 0. The highest BCUT2D eigenvalue weighted by Crippen LogP contribution is 2.26. The van der Waals surface area contributed by atoms with Gasteiger partial charge in [-0.2, -0.15) is 0 Å². The molecule has 0 atom stereocenters. The third-order valence-electron chi connectivity index (χ3n) is 2.72. The second-order valence-corrected chi connectivity index (χ2v) is 4.08. The molecule has 1 heterocycles. The number of methoxy groups -OCH3 is 1. The SMILES string of the molecule is COc1cc(CN)ccc1NC(=O)c1cncc(F)c1. The molecule has 0 aliphatic heterocycles. The van der Waals surface area contributed by atoms with Gasteiger partial charge < -0.3 is 15.8 Å². The number of benzene rings is 1. The zero-order valence-corrected chi connectivity index (χ0v) is 10.9. The van der Waals surface area contributed by atoms with E-state index in [0.717, 1.165) is 17.8 Å². The van der Waals surface area contributed by atoms with Crippen LogP contribution in [0.3, 0.4) is 0 Å². The zero-order valence-electron chi connectivity index (χ0n) is 10.9. The molecule has 0 saturated carbocycles. The van der Waals surface area contributed by atoms with Crippen LogP contribution in [0.1, 0.15) is 15.9 Å². The molecule has 1 amide bonds. The molecule has 0 saturated heterocycles. The molecule has 104 valence electrons. The first-order chi connectivity index (χ1) is 9.63. The van der Waals surface area contributed by atoms with E-state index in [1.165, 1.54) is 13.3 Å². The number of hydrogen-bond acceptors (Lipinski definition) is 4.